The first-order valence-electron chi connectivity index (χ1n) is 5.57. The predicted octanol–water partition coefficient (Wildman–Crippen LogP) is -0.796. The van der Waals surface area contributed by atoms with Crippen molar-refractivity contribution in [3.63, 3.8) is 0 Å². The van der Waals surface area contributed by atoms with Gasteiger partial charge in [-0.05, 0) is 20.3 Å². The summed E-state index contributed by atoms with van der Waals surface area (Å²) in [5, 5.41) is 5.16. The fraction of sp³-hybridized carbons (Fsp3) is 0.800. The van der Waals surface area contributed by atoms with Gasteiger partial charge in [-0.25, -0.2) is 8.42 Å². The van der Waals surface area contributed by atoms with Crippen LogP contribution in [-0.4, -0.2) is 43.8 Å². The lowest BCUT2D eigenvalue weighted by Crippen LogP contribution is -2.40. The van der Waals surface area contributed by atoms with Crippen molar-refractivity contribution in [1.29, 1.82) is 0 Å². The maximum Gasteiger partial charge on any atom is 0.229 e. The molecule has 1 fully saturated rings. The summed E-state index contributed by atoms with van der Waals surface area (Å²) in [6, 6.07) is -0.360. The van der Waals surface area contributed by atoms with E-state index in [9.17, 15) is 18.0 Å². The Morgan fingerprint density at radius 2 is 1.94 bits per heavy atom. The number of hydrogen-bond donors (Lipinski definition) is 2. The van der Waals surface area contributed by atoms with Gasteiger partial charge in [-0.2, -0.15) is 0 Å². The highest BCUT2D eigenvalue weighted by atomic mass is 32.2. The van der Waals surface area contributed by atoms with E-state index in [1.165, 1.54) is 0 Å². The molecule has 1 aliphatic heterocycles. The third kappa shape index (κ3) is 5.16. The number of amides is 2. The Morgan fingerprint density at radius 3 is 2.41 bits per heavy atom. The van der Waals surface area contributed by atoms with E-state index in [1.807, 2.05) is 0 Å². The van der Waals surface area contributed by atoms with Crippen molar-refractivity contribution >= 4 is 21.7 Å². The SMILES string of the molecule is CC(C)NC(=O)CC(=O)NC1CCS(=O)(=O)C1. The molecule has 6 nitrogen and oxygen atoms in total. The number of rotatable bonds is 4. The van der Waals surface area contributed by atoms with Gasteiger partial charge >= 0.3 is 0 Å². The van der Waals surface area contributed by atoms with Gasteiger partial charge in [0.2, 0.25) is 11.8 Å². The van der Waals surface area contributed by atoms with Gasteiger partial charge in [0.05, 0.1) is 11.5 Å². The minimum absolute atomic E-state index is 0.0119. The van der Waals surface area contributed by atoms with Gasteiger partial charge in [0.15, 0.2) is 9.84 Å². The predicted molar refractivity (Wildman–Crippen MR) is 63.1 cm³/mol. The van der Waals surface area contributed by atoms with Crippen LogP contribution in [0.4, 0.5) is 0 Å². The first-order chi connectivity index (χ1) is 7.78. The summed E-state index contributed by atoms with van der Waals surface area (Å²) < 4.78 is 22.3. The second-order valence-corrected chi connectivity index (χ2v) is 6.80. The molecule has 7 heteroatoms. The largest absolute Gasteiger partial charge is 0.353 e. The zero-order valence-corrected chi connectivity index (χ0v) is 10.8. The van der Waals surface area contributed by atoms with E-state index in [0.717, 1.165) is 0 Å². The van der Waals surface area contributed by atoms with Crippen LogP contribution < -0.4 is 10.6 Å². The summed E-state index contributed by atoms with van der Waals surface area (Å²) in [5.41, 5.74) is 0. The third-order valence-corrected chi connectivity index (χ3v) is 4.14. The van der Waals surface area contributed by atoms with Gasteiger partial charge < -0.3 is 10.6 Å². The van der Waals surface area contributed by atoms with E-state index in [0.29, 0.717) is 6.42 Å². The molecule has 1 unspecified atom stereocenters. The minimum atomic E-state index is -3.00. The second kappa shape index (κ2) is 5.48. The molecule has 0 aliphatic carbocycles. The highest BCUT2D eigenvalue weighted by Gasteiger charge is 2.29. The second-order valence-electron chi connectivity index (χ2n) is 4.57. The zero-order valence-electron chi connectivity index (χ0n) is 10.0. The van der Waals surface area contributed by atoms with Crippen LogP contribution >= 0.6 is 0 Å². The topological polar surface area (TPSA) is 92.3 Å². The number of hydrogen-bond acceptors (Lipinski definition) is 4. The van der Waals surface area contributed by atoms with Crippen LogP contribution in [0.2, 0.25) is 0 Å². The molecule has 98 valence electrons. The first-order valence-corrected chi connectivity index (χ1v) is 7.40. The van der Waals surface area contributed by atoms with E-state index in [-0.39, 0.29) is 35.9 Å². The fourth-order valence-corrected chi connectivity index (χ4v) is 3.38. The maximum atomic E-state index is 11.4. The van der Waals surface area contributed by atoms with Gasteiger partial charge in [-0.3, -0.25) is 9.59 Å². The highest BCUT2D eigenvalue weighted by molar-refractivity contribution is 7.91. The number of carbonyl (C=O) groups excluding carboxylic acids is 2. The molecule has 0 saturated carbocycles. The molecular formula is C10H18N2O4S. The van der Waals surface area contributed by atoms with Crippen LogP contribution in [0, 0.1) is 0 Å². The van der Waals surface area contributed by atoms with Gasteiger partial charge in [-0.1, -0.05) is 0 Å². The Hall–Kier alpha value is -1.11. The molecule has 0 spiro atoms. The van der Waals surface area contributed by atoms with Crippen molar-refractivity contribution in [1.82, 2.24) is 10.6 Å². The van der Waals surface area contributed by atoms with E-state index < -0.39 is 15.7 Å². The Kier molecular flexibility index (Phi) is 4.50. The lowest BCUT2D eigenvalue weighted by atomic mass is 10.2. The normalized spacial score (nSPS) is 22.4. The summed E-state index contributed by atoms with van der Waals surface area (Å²) in [4.78, 5) is 22.7. The highest BCUT2D eigenvalue weighted by Crippen LogP contribution is 2.11. The van der Waals surface area contributed by atoms with Gasteiger partial charge in [0, 0.05) is 12.1 Å². The summed E-state index contributed by atoms with van der Waals surface area (Å²) in [7, 11) is -3.00. The Labute approximate surface area is 101 Å². The molecule has 1 aliphatic rings. The lowest BCUT2D eigenvalue weighted by Gasteiger charge is -2.11. The van der Waals surface area contributed by atoms with E-state index in [1.54, 1.807) is 13.8 Å². The third-order valence-electron chi connectivity index (χ3n) is 2.37. The summed E-state index contributed by atoms with van der Waals surface area (Å²) >= 11 is 0. The van der Waals surface area contributed by atoms with E-state index in [2.05, 4.69) is 10.6 Å². The molecule has 0 aromatic rings. The molecule has 2 N–H and O–H groups in total. The van der Waals surface area contributed by atoms with Crippen molar-refractivity contribution < 1.29 is 18.0 Å². The van der Waals surface area contributed by atoms with E-state index in [4.69, 9.17) is 0 Å². The molecule has 0 radical (unpaired) electrons. The molecule has 1 saturated heterocycles. The van der Waals surface area contributed by atoms with Crippen molar-refractivity contribution in [2.75, 3.05) is 11.5 Å². The number of sulfone groups is 1. The molecule has 1 heterocycles. The molecular weight excluding hydrogens is 244 g/mol. The molecule has 0 aromatic carbocycles. The van der Waals surface area contributed by atoms with Crippen LogP contribution in [0.25, 0.3) is 0 Å². The Bertz CT molecular complexity index is 403. The van der Waals surface area contributed by atoms with Crippen molar-refractivity contribution in [2.45, 2.75) is 38.8 Å². The Morgan fingerprint density at radius 1 is 1.29 bits per heavy atom. The lowest BCUT2D eigenvalue weighted by molar-refractivity contribution is -0.129. The molecule has 1 rings (SSSR count). The summed E-state index contributed by atoms with van der Waals surface area (Å²) in [6.45, 7) is 3.61. The minimum Gasteiger partial charge on any atom is -0.353 e. The van der Waals surface area contributed by atoms with Gasteiger partial charge in [-0.15, -0.1) is 0 Å². The standard InChI is InChI=1S/C10H18N2O4S/c1-7(2)11-9(13)5-10(14)12-8-3-4-17(15,16)6-8/h7-8H,3-6H2,1-2H3,(H,11,13)(H,12,14). The maximum absolute atomic E-state index is 11.4. The van der Waals surface area contributed by atoms with Crippen LogP contribution in [0.3, 0.4) is 0 Å². The van der Waals surface area contributed by atoms with Crippen LogP contribution in [0.1, 0.15) is 26.7 Å². The van der Waals surface area contributed by atoms with E-state index >= 15 is 0 Å². The average Bonchev–Trinajstić information content (AvgIpc) is 2.42. The molecule has 2 amide bonds. The van der Waals surface area contributed by atoms with Crippen LogP contribution in [0.15, 0.2) is 0 Å². The first kappa shape index (κ1) is 14.0. The molecule has 17 heavy (non-hydrogen) atoms. The Balaban J connectivity index is 2.33. The van der Waals surface area contributed by atoms with Crippen molar-refractivity contribution in [2.24, 2.45) is 0 Å². The molecule has 1 atom stereocenters. The quantitative estimate of drug-likeness (QED) is 0.649. The molecule has 0 aromatic heterocycles. The number of nitrogens with one attached hydrogen (secondary N) is 2. The van der Waals surface area contributed by atoms with Crippen LogP contribution in [-0.2, 0) is 19.4 Å². The monoisotopic (exact) mass is 262 g/mol. The smallest absolute Gasteiger partial charge is 0.229 e. The van der Waals surface area contributed by atoms with Crippen molar-refractivity contribution in [3.05, 3.63) is 0 Å². The van der Waals surface area contributed by atoms with Crippen LogP contribution in [0.5, 0.6) is 0 Å². The van der Waals surface area contributed by atoms with Gasteiger partial charge in [0.25, 0.3) is 0 Å². The average molecular weight is 262 g/mol. The summed E-state index contributed by atoms with van der Waals surface area (Å²) in [5.74, 6) is -0.690. The summed E-state index contributed by atoms with van der Waals surface area (Å²) in [6.07, 6.45) is 0.175. The number of carbonyl (C=O) groups is 2. The fourth-order valence-electron chi connectivity index (χ4n) is 1.71. The van der Waals surface area contributed by atoms with Crippen molar-refractivity contribution in [3.8, 4) is 0 Å². The van der Waals surface area contributed by atoms with Gasteiger partial charge in [0.1, 0.15) is 6.42 Å². The zero-order chi connectivity index (χ0) is 13.1. The molecule has 0 bridgehead atoms.